The van der Waals surface area contributed by atoms with Crippen LogP contribution in [0.25, 0.3) is 0 Å². The van der Waals surface area contributed by atoms with Crippen LogP contribution in [0.1, 0.15) is 36.8 Å². The molecule has 0 spiro atoms. The molecule has 22 heavy (non-hydrogen) atoms. The lowest BCUT2D eigenvalue weighted by Gasteiger charge is -2.36. The zero-order chi connectivity index (χ0) is 15.0. The van der Waals surface area contributed by atoms with Crippen LogP contribution in [-0.2, 0) is 12.8 Å². The first-order valence-electron chi connectivity index (χ1n) is 8.74. The SMILES string of the molecule is c1ccc(CCCN2CCCCC2Cc2ccccc2)cc1. The molecule has 0 N–H and O–H groups in total. The molecule has 0 bridgehead atoms. The number of nitrogens with zero attached hydrogens (tertiary/aromatic N) is 1. The number of piperidine rings is 1. The Morgan fingerprint density at radius 1 is 0.818 bits per heavy atom. The van der Waals surface area contributed by atoms with Crippen molar-refractivity contribution in [1.82, 2.24) is 4.90 Å². The van der Waals surface area contributed by atoms with Gasteiger partial charge in [0.15, 0.2) is 0 Å². The van der Waals surface area contributed by atoms with E-state index in [1.165, 1.54) is 62.7 Å². The molecule has 1 fully saturated rings. The fourth-order valence-corrected chi connectivity index (χ4v) is 3.60. The Bertz CT molecular complexity index is 534. The van der Waals surface area contributed by atoms with E-state index in [0.29, 0.717) is 0 Å². The van der Waals surface area contributed by atoms with Crippen LogP contribution < -0.4 is 0 Å². The maximum Gasteiger partial charge on any atom is 0.0136 e. The normalized spacial score (nSPS) is 19.2. The summed E-state index contributed by atoms with van der Waals surface area (Å²) in [4.78, 5) is 2.74. The van der Waals surface area contributed by atoms with Crippen LogP contribution in [0.15, 0.2) is 60.7 Å². The number of rotatable bonds is 6. The Kier molecular flexibility index (Phi) is 5.66. The van der Waals surface area contributed by atoms with Gasteiger partial charge in [-0.25, -0.2) is 0 Å². The minimum absolute atomic E-state index is 0.743. The van der Waals surface area contributed by atoms with Crippen molar-refractivity contribution in [2.75, 3.05) is 13.1 Å². The quantitative estimate of drug-likeness (QED) is 0.745. The third-order valence-corrected chi connectivity index (χ3v) is 4.82. The van der Waals surface area contributed by atoms with E-state index in [2.05, 4.69) is 65.6 Å². The van der Waals surface area contributed by atoms with Gasteiger partial charge in [0, 0.05) is 6.04 Å². The van der Waals surface area contributed by atoms with E-state index < -0.39 is 0 Å². The lowest BCUT2D eigenvalue weighted by Crippen LogP contribution is -2.41. The second-order valence-electron chi connectivity index (χ2n) is 6.46. The van der Waals surface area contributed by atoms with Gasteiger partial charge in [-0.1, -0.05) is 67.1 Å². The van der Waals surface area contributed by atoms with E-state index in [-0.39, 0.29) is 0 Å². The highest BCUT2D eigenvalue weighted by Gasteiger charge is 2.21. The average Bonchev–Trinajstić information content (AvgIpc) is 2.58. The molecule has 1 heterocycles. The number of aryl methyl sites for hydroxylation is 1. The molecule has 1 nitrogen and oxygen atoms in total. The van der Waals surface area contributed by atoms with Gasteiger partial charge < -0.3 is 4.90 Å². The fourth-order valence-electron chi connectivity index (χ4n) is 3.60. The minimum atomic E-state index is 0.743. The van der Waals surface area contributed by atoms with Gasteiger partial charge in [0.25, 0.3) is 0 Å². The Balaban J connectivity index is 1.51. The summed E-state index contributed by atoms with van der Waals surface area (Å²) in [5.74, 6) is 0. The van der Waals surface area contributed by atoms with E-state index in [4.69, 9.17) is 0 Å². The molecule has 3 rings (SSSR count). The molecule has 0 amide bonds. The molecule has 1 heteroatoms. The van der Waals surface area contributed by atoms with Crippen molar-refractivity contribution >= 4 is 0 Å². The topological polar surface area (TPSA) is 3.24 Å². The molecule has 2 aromatic carbocycles. The first-order valence-corrected chi connectivity index (χ1v) is 8.74. The largest absolute Gasteiger partial charge is 0.300 e. The van der Waals surface area contributed by atoms with Crippen LogP contribution in [0.5, 0.6) is 0 Å². The van der Waals surface area contributed by atoms with Crippen molar-refractivity contribution in [3.8, 4) is 0 Å². The van der Waals surface area contributed by atoms with Gasteiger partial charge in [-0.3, -0.25) is 0 Å². The van der Waals surface area contributed by atoms with Crippen molar-refractivity contribution in [2.45, 2.75) is 44.6 Å². The van der Waals surface area contributed by atoms with Crippen LogP contribution in [-0.4, -0.2) is 24.0 Å². The van der Waals surface area contributed by atoms with Crippen molar-refractivity contribution in [3.05, 3.63) is 71.8 Å². The molecule has 1 unspecified atom stereocenters. The Labute approximate surface area is 135 Å². The number of likely N-dealkylation sites (tertiary alicyclic amines) is 1. The molecule has 1 atom stereocenters. The van der Waals surface area contributed by atoms with Gasteiger partial charge in [-0.2, -0.15) is 0 Å². The van der Waals surface area contributed by atoms with Crippen molar-refractivity contribution < 1.29 is 0 Å². The van der Waals surface area contributed by atoms with E-state index in [0.717, 1.165) is 6.04 Å². The van der Waals surface area contributed by atoms with Crippen molar-refractivity contribution in [3.63, 3.8) is 0 Å². The molecule has 1 aliphatic rings. The molecule has 1 aliphatic heterocycles. The van der Waals surface area contributed by atoms with Gasteiger partial charge in [0.05, 0.1) is 0 Å². The molecule has 0 saturated carbocycles. The lowest BCUT2D eigenvalue weighted by molar-refractivity contribution is 0.146. The predicted molar refractivity (Wildman–Crippen MR) is 94.1 cm³/mol. The van der Waals surface area contributed by atoms with E-state index in [1.54, 1.807) is 0 Å². The average molecular weight is 293 g/mol. The first-order chi connectivity index (χ1) is 10.9. The second-order valence-corrected chi connectivity index (χ2v) is 6.46. The van der Waals surface area contributed by atoms with Crippen LogP contribution in [0.3, 0.4) is 0 Å². The molecule has 1 saturated heterocycles. The van der Waals surface area contributed by atoms with Crippen molar-refractivity contribution in [1.29, 1.82) is 0 Å². The smallest absolute Gasteiger partial charge is 0.0136 e. The number of benzene rings is 2. The van der Waals surface area contributed by atoms with E-state index >= 15 is 0 Å². The monoisotopic (exact) mass is 293 g/mol. The predicted octanol–water partition coefficient (Wildman–Crippen LogP) is 4.72. The van der Waals surface area contributed by atoms with Gasteiger partial charge >= 0.3 is 0 Å². The maximum absolute atomic E-state index is 2.74. The van der Waals surface area contributed by atoms with Gasteiger partial charge in [-0.05, 0) is 56.3 Å². The van der Waals surface area contributed by atoms with Gasteiger partial charge in [0.1, 0.15) is 0 Å². The summed E-state index contributed by atoms with van der Waals surface area (Å²) >= 11 is 0. The van der Waals surface area contributed by atoms with Crippen LogP contribution in [0.2, 0.25) is 0 Å². The summed E-state index contributed by atoms with van der Waals surface area (Å²) in [5, 5.41) is 0. The highest BCUT2D eigenvalue weighted by atomic mass is 15.2. The molecule has 0 radical (unpaired) electrons. The minimum Gasteiger partial charge on any atom is -0.300 e. The highest BCUT2D eigenvalue weighted by molar-refractivity contribution is 5.16. The molecular weight excluding hydrogens is 266 g/mol. The first kappa shape index (κ1) is 15.3. The maximum atomic E-state index is 2.74. The summed E-state index contributed by atoms with van der Waals surface area (Å²) in [6, 6.07) is 22.6. The Hall–Kier alpha value is -1.60. The van der Waals surface area contributed by atoms with Gasteiger partial charge in [-0.15, -0.1) is 0 Å². The second kappa shape index (κ2) is 8.14. The molecule has 116 valence electrons. The summed E-state index contributed by atoms with van der Waals surface area (Å²) in [6.45, 7) is 2.53. The molecular formula is C21H27N. The lowest BCUT2D eigenvalue weighted by atomic mass is 9.95. The van der Waals surface area contributed by atoms with Crippen LogP contribution in [0.4, 0.5) is 0 Å². The fraction of sp³-hybridized carbons (Fsp3) is 0.429. The summed E-state index contributed by atoms with van der Waals surface area (Å²) < 4.78 is 0. The Morgan fingerprint density at radius 3 is 2.23 bits per heavy atom. The number of hydrogen-bond acceptors (Lipinski definition) is 1. The third kappa shape index (κ3) is 4.45. The van der Waals surface area contributed by atoms with Crippen LogP contribution >= 0.6 is 0 Å². The zero-order valence-electron chi connectivity index (χ0n) is 13.5. The van der Waals surface area contributed by atoms with Crippen LogP contribution in [0, 0.1) is 0 Å². The Morgan fingerprint density at radius 2 is 1.50 bits per heavy atom. The molecule has 0 aromatic heterocycles. The summed E-state index contributed by atoms with van der Waals surface area (Å²) in [7, 11) is 0. The number of hydrogen-bond donors (Lipinski definition) is 0. The molecule has 0 aliphatic carbocycles. The third-order valence-electron chi connectivity index (χ3n) is 4.82. The van der Waals surface area contributed by atoms with Gasteiger partial charge in [0.2, 0.25) is 0 Å². The highest BCUT2D eigenvalue weighted by Crippen LogP contribution is 2.21. The van der Waals surface area contributed by atoms with E-state index in [9.17, 15) is 0 Å². The molecule has 2 aromatic rings. The summed E-state index contributed by atoms with van der Waals surface area (Å²) in [5.41, 5.74) is 2.96. The van der Waals surface area contributed by atoms with E-state index in [1.807, 2.05) is 0 Å². The standard InChI is InChI=1S/C21H27N/c1-3-10-19(11-4-1)14-9-17-22-16-8-7-15-21(22)18-20-12-5-2-6-13-20/h1-6,10-13,21H,7-9,14-18H2. The zero-order valence-corrected chi connectivity index (χ0v) is 13.5. The summed E-state index contributed by atoms with van der Waals surface area (Å²) in [6.07, 6.45) is 7.82. The van der Waals surface area contributed by atoms with Crippen molar-refractivity contribution in [2.24, 2.45) is 0 Å².